The molecule has 1 saturated carbocycles. The number of hydrogen-bond acceptors (Lipinski definition) is 3. The number of aromatic nitrogens is 1. The van der Waals surface area contributed by atoms with Gasteiger partial charge in [0.05, 0.1) is 5.52 Å². The van der Waals surface area contributed by atoms with Gasteiger partial charge in [0.1, 0.15) is 0 Å². The van der Waals surface area contributed by atoms with Gasteiger partial charge in [-0.05, 0) is 77.6 Å². The topological polar surface area (TPSA) is 28.2 Å². The highest BCUT2D eigenvalue weighted by Crippen LogP contribution is 2.30. The van der Waals surface area contributed by atoms with Gasteiger partial charge in [0.25, 0.3) is 0 Å². The van der Waals surface area contributed by atoms with Crippen LogP contribution >= 0.6 is 11.6 Å². The summed E-state index contributed by atoms with van der Waals surface area (Å²) >= 11 is 6.09. The Morgan fingerprint density at radius 2 is 1.72 bits per heavy atom. The van der Waals surface area contributed by atoms with Crippen LogP contribution in [0, 0.1) is 0 Å². The first-order valence-corrected chi connectivity index (χ1v) is 9.91. The number of nitrogens with zero attached hydrogens (tertiary/aromatic N) is 2. The predicted molar refractivity (Wildman–Crippen MR) is 109 cm³/mol. The van der Waals surface area contributed by atoms with E-state index in [9.17, 15) is 0 Å². The van der Waals surface area contributed by atoms with Crippen molar-refractivity contribution in [1.82, 2.24) is 9.88 Å². The average Bonchev–Trinajstić information content (AvgIpc) is 2.56. The SMILES string of the molecule is CC(C)N(C(C)C)C1CCC(Nc2ccnc3cc(Cl)ccc23)CC1. The van der Waals surface area contributed by atoms with Gasteiger partial charge < -0.3 is 5.32 Å². The third-order valence-corrected chi connectivity index (χ3v) is 5.61. The van der Waals surface area contributed by atoms with Crippen molar-refractivity contribution < 1.29 is 0 Å². The molecular weight excluding hydrogens is 330 g/mol. The highest BCUT2D eigenvalue weighted by atomic mass is 35.5. The van der Waals surface area contributed by atoms with Crippen molar-refractivity contribution in [3.05, 3.63) is 35.5 Å². The van der Waals surface area contributed by atoms with Crippen LogP contribution in [0.25, 0.3) is 10.9 Å². The largest absolute Gasteiger partial charge is 0.382 e. The summed E-state index contributed by atoms with van der Waals surface area (Å²) in [6.07, 6.45) is 6.84. The lowest BCUT2D eigenvalue weighted by molar-refractivity contribution is 0.0841. The number of anilines is 1. The molecule has 0 radical (unpaired) electrons. The summed E-state index contributed by atoms with van der Waals surface area (Å²) in [7, 11) is 0. The fraction of sp³-hybridized carbons (Fsp3) is 0.571. The van der Waals surface area contributed by atoms with E-state index < -0.39 is 0 Å². The number of nitrogens with one attached hydrogen (secondary N) is 1. The molecule has 1 fully saturated rings. The number of fused-ring (bicyclic) bond motifs is 1. The molecule has 1 aliphatic carbocycles. The molecule has 3 rings (SSSR count). The molecular formula is C21H30ClN3. The minimum Gasteiger partial charge on any atom is -0.382 e. The summed E-state index contributed by atoms with van der Waals surface area (Å²) in [4.78, 5) is 7.12. The number of rotatable bonds is 5. The summed E-state index contributed by atoms with van der Waals surface area (Å²) in [5, 5.41) is 5.65. The standard InChI is InChI=1S/C21H30ClN3/c1-14(2)25(15(3)4)18-8-6-17(7-9-18)24-20-11-12-23-21-13-16(22)5-10-19(20)21/h5,10-15,17-18H,6-9H2,1-4H3,(H,23,24). The Bertz CT molecular complexity index is 697. The van der Waals surface area contributed by atoms with Crippen molar-refractivity contribution in [3.8, 4) is 0 Å². The molecule has 1 heterocycles. The smallest absolute Gasteiger partial charge is 0.0737 e. The molecule has 0 amide bonds. The molecule has 2 aromatic rings. The second-order valence-corrected chi connectivity index (χ2v) is 8.24. The van der Waals surface area contributed by atoms with Crippen molar-refractivity contribution >= 4 is 28.2 Å². The molecule has 0 bridgehead atoms. The fourth-order valence-electron chi connectivity index (χ4n) is 4.42. The Labute approximate surface area is 156 Å². The predicted octanol–water partition coefficient (Wildman–Crippen LogP) is 5.73. The molecule has 136 valence electrons. The molecule has 1 aromatic carbocycles. The highest BCUT2D eigenvalue weighted by Gasteiger charge is 2.28. The van der Waals surface area contributed by atoms with Crippen LogP contribution in [-0.2, 0) is 0 Å². The van der Waals surface area contributed by atoms with Crippen molar-refractivity contribution in [1.29, 1.82) is 0 Å². The van der Waals surface area contributed by atoms with Gasteiger partial charge in [-0.25, -0.2) is 0 Å². The van der Waals surface area contributed by atoms with Gasteiger partial charge in [-0.2, -0.15) is 0 Å². The number of benzene rings is 1. The lowest BCUT2D eigenvalue weighted by Gasteiger charge is -2.42. The normalized spacial score (nSPS) is 21.4. The first-order valence-electron chi connectivity index (χ1n) is 9.54. The molecule has 1 aromatic heterocycles. The number of pyridine rings is 1. The third kappa shape index (κ3) is 4.27. The number of hydrogen-bond donors (Lipinski definition) is 1. The first-order chi connectivity index (χ1) is 12.0. The third-order valence-electron chi connectivity index (χ3n) is 5.38. The monoisotopic (exact) mass is 359 g/mol. The Morgan fingerprint density at radius 3 is 2.36 bits per heavy atom. The van der Waals surface area contributed by atoms with Crippen LogP contribution in [0.1, 0.15) is 53.4 Å². The van der Waals surface area contributed by atoms with E-state index >= 15 is 0 Å². The molecule has 1 N–H and O–H groups in total. The van der Waals surface area contributed by atoms with Gasteiger partial charge >= 0.3 is 0 Å². The Hall–Kier alpha value is -1.32. The molecule has 0 unspecified atom stereocenters. The summed E-state index contributed by atoms with van der Waals surface area (Å²) in [5.74, 6) is 0. The summed E-state index contributed by atoms with van der Waals surface area (Å²) in [6.45, 7) is 9.27. The van der Waals surface area contributed by atoms with Crippen molar-refractivity contribution in [3.63, 3.8) is 0 Å². The maximum Gasteiger partial charge on any atom is 0.0737 e. The quantitative estimate of drug-likeness (QED) is 0.738. The van der Waals surface area contributed by atoms with E-state index in [1.807, 2.05) is 18.3 Å². The number of halogens is 1. The van der Waals surface area contributed by atoms with Gasteiger partial charge in [-0.3, -0.25) is 9.88 Å². The van der Waals surface area contributed by atoms with Crippen LogP contribution in [0.4, 0.5) is 5.69 Å². The molecule has 0 saturated heterocycles. The van der Waals surface area contributed by atoms with E-state index in [1.165, 1.54) is 31.4 Å². The van der Waals surface area contributed by atoms with Gasteiger partial charge in [0.15, 0.2) is 0 Å². The minimum atomic E-state index is 0.540. The lowest BCUT2D eigenvalue weighted by atomic mass is 9.88. The Morgan fingerprint density at radius 1 is 1.04 bits per heavy atom. The zero-order chi connectivity index (χ0) is 18.0. The van der Waals surface area contributed by atoms with E-state index in [2.05, 4.69) is 55.0 Å². The molecule has 4 heteroatoms. The minimum absolute atomic E-state index is 0.540. The van der Waals surface area contributed by atoms with Crippen LogP contribution in [0.15, 0.2) is 30.5 Å². The first kappa shape index (κ1) is 18.5. The van der Waals surface area contributed by atoms with Crippen molar-refractivity contribution in [2.75, 3.05) is 5.32 Å². The Balaban J connectivity index is 1.67. The second-order valence-electron chi connectivity index (χ2n) is 7.80. The summed E-state index contributed by atoms with van der Waals surface area (Å²) in [6, 6.07) is 10.5. The van der Waals surface area contributed by atoms with Crippen LogP contribution in [0.2, 0.25) is 5.02 Å². The molecule has 0 aliphatic heterocycles. The fourth-order valence-corrected chi connectivity index (χ4v) is 4.59. The van der Waals surface area contributed by atoms with Gasteiger partial charge in [0, 0.05) is 46.5 Å². The van der Waals surface area contributed by atoms with Gasteiger partial charge in [0.2, 0.25) is 0 Å². The molecule has 25 heavy (non-hydrogen) atoms. The highest BCUT2D eigenvalue weighted by molar-refractivity contribution is 6.31. The maximum absolute atomic E-state index is 6.09. The molecule has 0 spiro atoms. The van der Waals surface area contributed by atoms with Crippen LogP contribution in [0.3, 0.4) is 0 Å². The molecule has 0 atom stereocenters. The van der Waals surface area contributed by atoms with Crippen molar-refractivity contribution in [2.45, 2.75) is 77.5 Å². The zero-order valence-electron chi connectivity index (χ0n) is 15.8. The second kappa shape index (κ2) is 7.92. The van der Waals surface area contributed by atoms with Crippen LogP contribution in [-0.4, -0.2) is 34.1 Å². The summed E-state index contributed by atoms with van der Waals surface area (Å²) < 4.78 is 0. The van der Waals surface area contributed by atoms with E-state index in [0.717, 1.165) is 15.9 Å². The van der Waals surface area contributed by atoms with E-state index in [1.54, 1.807) is 0 Å². The van der Waals surface area contributed by atoms with Gasteiger partial charge in [-0.15, -0.1) is 0 Å². The van der Waals surface area contributed by atoms with Crippen LogP contribution < -0.4 is 5.32 Å². The summed E-state index contributed by atoms with van der Waals surface area (Å²) in [5.41, 5.74) is 2.13. The molecule has 1 aliphatic rings. The molecule has 3 nitrogen and oxygen atoms in total. The van der Waals surface area contributed by atoms with Crippen LogP contribution in [0.5, 0.6) is 0 Å². The van der Waals surface area contributed by atoms with Crippen molar-refractivity contribution in [2.24, 2.45) is 0 Å². The van der Waals surface area contributed by atoms with E-state index in [0.29, 0.717) is 24.2 Å². The maximum atomic E-state index is 6.09. The van der Waals surface area contributed by atoms with E-state index in [4.69, 9.17) is 11.6 Å². The zero-order valence-corrected chi connectivity index (χ0v) is 16.6. The van der Waals surface area contributed by atoms with Gasteiger partial charge in [-0.1, -0.05) is 11.6 Å². The lowest BCUT2D eigenvalue weighted by Crippen LogP contribution is -2.47. The van der Waals surface area contributed by atoms with E-state index in [-0.39, 0.29) is 0 Å². The Kier molecular flexibility index (Phi) is 5.85. The average molecular weight is 360 g/mol.